The van der Waals surface area contributed by atoms with E-state index >= 15 is 0 Å². The summed E-state index contributed by atoms with van der Waals surface area (Å²) in [5, 5.41) is 11.6. The lowest BCUT2D eigenvalue weighted by atomic mass is 10.2. The summed E-state index contributed by atoms with van der Waals surface area (Å²) in [6.07, 6.45) is 5.07. The zero-order valence-corrected chi connectivity index (χ0v) is 15.0. The van der Waals surface area contributed by atoms with Gasteiger partial charge in [-0.1, -0.05) is 43.7 Å². The molecule has 0 atom stereocenters. The van der Waals surface area contributed by atoms with Crippen molar-refractivity contribution in [2.75, 3.05) is 22.5 Å². The first kappa shape index (κ1) is 17.5. The molecule has 0 saturated carbocycles. The van der Waals surface area contributed by atoms with Gasteiger partial charge in [0.25, 0.3) is 0 Å². The molecular weight excluding hydrogens is 338 g/mol. The summed E-state index contributed by atoms with van der Waals surface area (Å²) in [5.41, 5.74) is 1.40. The summed E-state index contributed by atoms with van der Waals surface area (Å²) in [7, 11) is 0. The van der Waals surface area contributed by atoms with Gasteiger partial charge in [0.1, 0.15) is 12.9 Å². The number of benzene rings is 1. The van der Waals surface area contributed by atoms with Gasteiger partial charge < -0.3 is 14.8 Å². The van der Waals surface area contributed by atoms with Crippen LogP contribution >= 0.6 is 11.8 Å². The highest BCUT2D eigenvalue weighted by Crippen LogP contribution is 2.29. The van der Waals surface area contributed by atoms with E-state index in [-0.39, 0.29) is 24.1 Å². The fraction of sp³-hybridized carbons (Fsp3) is 0.412. The lowest BCUT2D eigenvalue weighted by Gasteiger charge is -2.29. The normalized spacial score (nSPS) is 13.5. The van der Waals surface area contributed by atoms with Gasteiger partial charge in [-0.05, 0) is 18.6 Å². The van der Waals surface area contributed by atoms with Crippen molar-refractivity contribution in [3.05, 3.63) is 30.6 Å². The van der Waals surface area contributed by atoms with Gasteiger partial charge in [-0.15, -0.1) is 10.2 Å². The van der Waals surface area contributed by atoms with E-state index in [0.717, 1.165) is 36.7 Å². The third-order valence-corrected chi connectivity index (χ3v) is 4.94. The van der Waals surface area contributed by atoms with Gasteiger partial charge in [0.2, 0.25) is 11.8 Å². The van der Waals surface area contributed by atoms with Crippen molar-refractivity contribution in [2.24, 2.45) is 0 Å². The molecule has 0 fully saturated rings. The molecule has 132 valence electrons. The second-order valence-electron chi connectivity index (χ2n) is 5.85. The van der Waals surface area contributed by atoms with E-state index in [1.54, 1.807) is 12.4 Å². The molecule has 0 unspecified atom stereocenters. The van der Waals surface area contributed by atoms with Crippen LogP contribution in [-0.4, -0.2) is 38.9 Å². The van der Waals surface area contributed by atoms with Gasteiger partial charge in [-0.25, -0.2) is 0 Å². The monoisotopic (exact) mass is 359 g/mol. The molecule has 0 bridgehead atoms. The van der Waals surface area contributed by atoms with Crippen LogP contribution in [0, 0.1) is 0 Å². The van der Waals surface area contributed by atoms with Gasteiger partial charge in [0.15, 0.2) is 5.16 Å². The lowest BCUT2D eigenvalue weighted by molar-refractivity contribution is -0.120. The van der Waals surface area contributed by atoms with Crippen LogP contribution in [-0.2, 0) is 16.1 Å². The number of fused-ring (bicyclic) bond motifs is 1. The van der Waals surface area contributed by atoms with Gasteiger partial charge in [0, 0.05) is 6.54 Å². The maximum Gasteiger partial charge on any atom is 0.244 e. The third-order valence-electron chi connectivity index (χ3n) is 3.98. The zero-order chi connectivity index (χ0) is 17.6. The standard InChI is InChI=1S/C17H21N5O2S/c1-2-3-6-9-21-12-18-20-17(21)25-11-16(24)22-10-15(23)19-13-7-4-5-8-14(13)22/h4-5,7-8,12H,2-3,6,9-11H2,1H3,(H,19,23). The number of nitrogens with one attached hydrogen (secondary N) is 1. The van der Waals surface area contributed by atoms with E-state index in [0.29, 0.717) is 5.69 Å². The summed E-state index contributed by atoms with van der Waals surface area (Å²) < 4.78 is 1.98. The average Bonchev–Trinajstić information content (AvgIpc) is 3.06. The molecule has 2 heterocycles. The predicted octanol–water partition coefficient (Wildman–Crippen LogP) is 2.55. The van der Waals surface area contributed by atoms with E-state index < -0.39 is 0 Å². The van der Waals surface area contributed by atoms with Gasteiger partial charge in [-0.2, -0.15) is 0 Å². The Balaban J connectivity index is 1.64. The maximum absolute atomic E-state index is 12.6. The number of unbranched alkanes of at least 4 members (excludes halogenated alkanes) is 2. The predicted molar refractivity (Wildman–Crippen MR) is 97.7 cm³/mol. The Kier molecular flexibility index (Phi) is 5.70. The van der Waals surface area contributed by atoms with E-state index in [4.69, 9.17) is 0 Å². The number of carbonyl (C=O) groups is 2. The molecule has 8 heteroatoms. The number of nitrogens with zero attached hydrogens (tertiary/aromatic N) is 4. The minimum absolute atomic E-state index is 0.0413. The van der Waals surface area contributed by atoms with Gasteiger partial charge in [0.05, 0.1) is 17.1 Å². The molecular formula is C17H21N5O2S. The Morgan fingerprint density at radius 1 is 1.32 bits per heavy atom. The first-order chi connectivity index (χ1) is 12.2. The van der Waals surface area contributed by atoms with Crippen LogP contribution < -0.4 is 10.2 Å². The molecule has 0 saturated heterocycles. The Morgan fingerprint density at radius 2 is 2.16 bits per heavy atom. The molecule has 2 aromatic rings. The Labute approximate surface area is 150 Å². The van der Waals surface area contributed by atoms with Crippen LogP contribution in [0.3, 0.4) is 0 Å². The van der Waals surface area contributed by atoms with E-state index in [2.05, 4.69) is 22.4 Å². The third kappa shape index (κ3) is 4.19. The molecule has 1 aliphatic rings. The number of amides is 2. The van der Waals surface area contributed by atoms with Crippen LogP contribution in [0.2, 0.25) is 0 Å². The molecule has 0 spiro atoms. The van der Waals surface area contributed by atoms with Crippen LogP contribution in [0.15, 0.2) is 35.7 Å². The molecule has 7 nitrogen and oxygen atoms in total. The fourth-order valence-electron chi connectivity index (χ4n) is 2.70. The van der Waals surface area contributed by atoms with Crippen molar-refractivity contribution < 1.29 is 9.59 Å². The smallest absolute Gasteiger partial charge is 0.244 e. The highest BCUT2D eigenvalue weighted by molar-refractivity contribution is 7.99. The van der Waals surface area contributed by atoms with Crippen LogP contribution in [0.25, 0.3) is 0 Å². The molecule has 2 amide bonds. The van der Waals surface area contributed by atoms with Crippen molar-refractivity contribution in [1.29, 1.82) is 0 Å². The SMILES string of the molecule is CCCCCn1cnnc1SCC(=O)N1CC(=O)Nc2ccccc21. The number of rotatable bonds is 7. The van der Waals surface area contributed by atoms with E-state index in [1.807, 2.05) is 22.8 Å². The van der Waals surface area contributed by atoms with Crippen molar-refractivity contribution in [2.45, 2.75) is 37.9 Å². The first-order valence-electron chi connectivity index (χ1n) is 8.39. The maximum atomic E-state index is 12.6. The minimum Gasteiger partial charge on any atom is -0.323 e. The Hall–Kier alpha value is -2.35. The zero-order valence-electron chi connectivity index (χ0n) is 14.1. The highest BCUT2D eigenvalue weighted by Gasteiger charge is 2.26. The van der Waals surface area contributed by atoms with Crippen LogP contribution in [0.4, 0.5) is 11.4 Å². The van der Waals surface area contributed by atoms with E-state index in [9.17, 15) is 9.59 Å². The molecule has 1 N–H and O–H groups in total. The summed E-state index contributed by atoms with van der Waals surface area (Å²) in [6, 6.07) is 7.32. The summed E-state index contributed by atoms with van der Waals surface area (Å²) in [6.45, 7) is 3.05. The Bertz CT molecular complexity index is 761. The second kappa shape index (κ2) is 8.15. The van der Waals surface area contributed by atoms with Crippen LogP contribution in [0.1, 0.15) is 26.2 Å². The average molecular weight is 359 g/mol. The first-order valence-corrected chi connectivity index (χ1v) is 9.37. The molecule has 1 aromatic heterocycles. The number of aryl methyl sites for hydroxylation is 1. The van der Waals surface area contributed by atoms with E-state index in [1.165, 1.54) is 16.7 Å². The molecule has 25 heavy (non-hydrogen) atoms. The van der Waals surface area contributed by atoms with Crippen molar-refractivity contribution in [3.8, 4) is 0 Å². The topological polar surface area (TPSA) is 80.1 Å². The number of anilines is 2. The lowest BCUT2D eigenvalue weighted by Crippen LogP contribution is -2.43. The van der Waals surface area contributed by atoms with Gasteiger partial charge in [-0.3, -0.25) is 9.59 Å². The number of carbonyl (C=O) groups excluding carboxylic acids is 2. The Morgan fingerprint density at radius 3 is 3.00 bits per heavy atom. The minimum atomic E-state index is -0.181. The van der Waals surface area contributed by atoms with Crippen LogP contribution in [0.5, 0.6) is 0 Å². The molecule has 0 radical (unpaired) electrons. The molecule has 0 aliphatic carbocycles. The fourth-order valence-corrected chi connectivity index (χ4v) is 3.52. The number of thioether (sulfide) groups is 1. The highest BCUT2D eigenvalue weighted by atomic mass is 32.2. The van der Waals surface area contributed by atoms with Gasteiger partial charge >= 0.3 is 0 Å². The summed E-state index contributed by atoms with van der Waals surface area (Å²) in [5.74, 6) is -0.0798. The number of hydrogen-bond donors (Lipinski definition) is 1. The molecule has 3 rings (SSSR count). The quantitative estimate of drug-likeness (QED) is 0.607. The second-order valence-corrected chi connectivity index (χ2v) is 6.79. The molecule has 1 aliphatic heterocycles. The molecule has 1 aromatic carbocycles. The van der Waals surface area contributed by atoms with Crippen molar-refractivity contribution in [3.63, 3.8) is 0 Å². The number of para-hydroxylation sites is 2. The number of hydrogen-bond acceptors (Lipinski definition) is 5. The largest absolute Gasteiger partial charge is 0.323 e. The summed E-state index contributed by atoms with van der Waals surface area (Å²) >= 11 is 1.36. The number of aromatic nitrogens is 3. The van der Waals surface area contributed by atoms with Crippen molar-refractivity contribution >= 4 is 35.0 Å². The summed E-state index contributed by atoms with van der Waals surface area (Å²) in [4.78, 5) is 26.0. The van der Waals surface area contributed by atoms with Crippen molar-refractivity contribution in [1.82, 2.24) is 14.8 Å².